The summed E-state index contributed by atoms with van der Waals surface area (Å²) in [6.07, 6.45) is 0. The van der Waals surface area contributed by atoms with Crippen molar-refractivity contribution in [3.8, 4) is 11.1 Å². The highest BCUT2D eigenvalue weighted by Crippen LogP contribution is 2.56. The van der Waals surface area contributed by atoms with Crippen molar-refractivity contribution >= 4 is 56.2 Å². The molecular weight excluding hydrogens is 779 g/mol. The van der Waals surface area contributed by atoms with Crippen molar-refractivity contribution in [2.24, 2.45) is 0 Å². The molecule has 2 heterocycles. The molecule has 0 saturated heterocycles. The zero-order valence-corrected chi connectivity index (χ0v) is 40.5. The number of furan rings is 1. The maximum Gasteiger partial charge on any atom is 0.149 e. The van der Waals surface area contributed by atoms with E-state index in [9.17, 15) is 0 Å². The molecule has 0 aliphatic heterocycles. The number of hydrogen-bond acceptors (Lipinski definition) is 4. The van der Waals surface area contributed by atoms with Crippen LogP contribution in [-0.2, 0) is 27.1 Å². The second-order valence-corrected chi connectivity index (χ2v) is 22.7. The van der Waals surface area contributed by atoms with Gasteiger partial charge < -0.3 is 9.32 Å². The van der Waals surface area contributed by atoms with E-state index in [4.69, 9.17) is 9.40 Å². The SMILES string of the molecule is CC(C)(C)c1ccc(N(c2ccc(C(C)(C)C)cc2)c2ccc3c(c2)C(C)(C)c2nc(N(c4ccc(C(C)(C)C)cc4)c4ccc(C(C)(C)C)cc4)c4c(oc5ccccc54)c2-3)cc1. The molecule has 9 rings (SSSR count). The van der Waals surface area contributed by atoms with E-state index in [0.29, 0.717) is 0 Å². The Hall–Kier alpha value is -6.13. The highest BCUT2D eigenvalue weighted by Gasteiger charge is 2.42. The lowest BCUT2D eigenvalue weighted by molar-refractivity contribution is 0.590. The lowest BCUT2D eigenvalue weighted by atomic mass is 9.84. The molecule has 0 fully saturated rings. The third kappa shape index (κ3) is 7.49. The lowest BCUT2D eigenvalue weighted by Gasteiger charge is -2.30. The monoisotopic (exact) mass is 844 g/mol. The largest absolute Gasteiger partial charge is 0.455 e. The summed E-state index contributed by atoms with van der Waals surface area (Å²) < 4.78 is 7.05. The average molecular weight is 844 g/mol. The number of pyridine rings is 1. The second kappa shape index (κ2) is 15.0. The van der Waals surface area contributed by atoms with E-state index in [1.807, 2.05) is 0 Å². The van der Waals surface area contributed by atoms with E-state index in [1.165, 1.54) is 27.8 Å². The third-order valence-electron chi connectivity index (χ3n) is 13.5. The van der Waals surface area contributed by atoms with Gasteiger partial charge in [-0.25, -0.2) is 4.98 Å². The van der Waals surface area contributed by atoms with Crippen LogP contribution < -0.4 is 9.80 Å². The van der Waals surface area contributed by atoms with Crippen LogP contribution in [0, 0.1) is 0 Å². The Morgan fingerprint density at radius 1 is 0.453 bits per heavy atom. The fourth-order valence-electron chi connectivity index (χ4n) is 9.45. The van der Waals surface area contributed by atoms with Gasteiger partial charge in [0.15, 0.2) is 0 Å². The van der Waals surface area contributed by atoms with Gasteiger partial charge in [-0.3, -0.25) is 4.90 Å². The third-order valence-corrected chi connectivity index (χ3v) is 13.5. The number of nitrogens with zero attached hydrogens (tertiary/aromatic N) is 3. The molecule has 0 N–H and O–H groups in total. The van der Waals surface area contributed by atoms with Crippen molar-refractivity contribution in [1.29, 1.82) is 0 Å². The molecule has 2 aromatic heterocycles. The van der Waals surface area contributed by atoms with Crippen LogP contribution in [0.2, 0.25) is 0 Å². The molecule has 8 aromatic rings. The van der Waals surface area contributed by atoms with Crippen molar-refractivity contribution in [2.45, 2.75) is 124 Å². The summed E-state index contributed by atoms with van der Waals surface area (Å²) in [5, 5.41) is 2.07. The number of anilines is 6. The van der Waals surface area contributed by atoms with Crippen molar-refractivity contribution in [3.05, 3.63) is 173 Å². The zero-order chi connectivity index (χ0) is 45.7. The Kier molecular flexibility index (Phi) is 10.1. The predicted octanol–water partition coefficient (Wildman–Crippen LogP) is 17.4. The summed E-state index contributed by atoms with van der Waals surface area (Å²) in [5.41, 5.74) is 16.5. The maximum atomic E-state index is 7.05. The van der Waals surface area contributed by atoms with Crippen LogP contribution in [-0.4, -0.2) is 4.98 Å². The molecular formula is C60H65N3O. The molecule has 0 amide bonds. The van der Waals surface area contributed by atoms with Gasteiger partial charge >= 0.3 is 0 Å². The molecule has 0 radical (unpaired) electrons. The second-order valence-electron chi connectivity index (χ2n) is 22.7. The molecule has 0 atom stereocenters. The summed E-state index contributed by atoms with van der Waals surface area (Å²) in [4.78, 5) is 10.6. The first kappa shape index (κ1) is 43.1. The van der Waals surface area contributed by atoms with Crippen LogP contribution in [0.5, 0.6) is 0 Å². The van der Waals surface area contributed by atoms with Gasteiger partial charge in [-0.1, -0.05) is 170 Å². The Morgan fingerprint density at radius 3 is 1.27 bits per heavy atom. The fraction of sp³-hybridized carbons (Fsp3) is 0.317. The van der Waals surface area contributed by atoms with Crippen molar-refractivity contribution in [2.75, 3.05) is 9.80 Å². The van der Waals surface area contributed by atoms with E-state index in [0.717, 1.165) is 73.0 Å². The Balaban J connectivity index is 1.26. The Morgan fingerprint density at radius 2 is 0.844 bits per heavy atom. The first-order valence-electron chi connectivity index (χ1n) is 23.0. The minimum absolute atomic E-state index is 0.0214. The molecule has 0 bridgehead atoms. The van der Waals surface area contributed by atoms with Crippen molar-refractivity contribution in [3.63, 3.8) is 0 Å². The summed E-state index contributed by atoms with van der Waals surface area (Å²) in [5.74, 6) is 0.867. The van der Waals surface area contributed by atoms with Crippen LogP contribution in [0.25, 0.3) is 33.1 Å². The van der Waals surface area contributed by atoms with Crippen LogP contribution in [0.1, 0.15) is 130 Å². The number of fused-ring (bicyclic) bond motifs is 7. The van der Waals surface area contributed by atoms with Gasteiger partial charge in [0.1, 0.15) is 17.0 Å². The minimum Gasteiger partial charge on any atom is -0.455 e. The fourth-order valence-corrected chi connectivity index (χ4v) is 9.45. The van der Waals surface area contributed by atoms with Gasteiger partial charge in [-0.2, -0.15) is 0 Å². The number of hydrogen-bond donors (Lipinski definition) is 0. The molecule has 0 spiro atoms. The Labute approximate surface area is 382 Å². The molecule has 326 valence electrons. The number of para-hydroxylation sites is 1. The quantitative estimate of drug-likeness (QED) is 0.167. The molecule has 0 saturated carbocycles. The number of aromatic nitrogens is 1. The highest BCUT2D eigenvalue weighted by molar-refractivity contribution is 6.17. The highest BCUT2D eigenvalue weighted by atomic mass is 16.3. The van der Waals surface area contributed by atoms with Crippen LogP contribution in [0.3, 0.4) is 0 Å². The summed E-state index contributed by atoms with van der Waals surface area (Å²) >= 11 is 0. The zero-order valence-electron chi connectivity index (χ0n) is 40.5. The van der Waals surface area contributed by atoms with Gasteiger partial charge in [0.25, 0.3) is 0 Å². The summed E-state index contributed by atoms with van der Waals surface area (Å²) in [7, 11) is 0. The summed E-state index contributed by atoms with van der Waals surface area (Å²) in [6.45, 7) is 31.9. The molecule has 1 aliphatic carbocycles. The van der Waals surface area contributed by atoms with E-state index in [1.54, 1.807) is 0 Å². The van der Waals surface area contributed by atoms with Crippen LogP contribution >= 0.6 is 0 Å². The molecule has 4 nitrogen and oxygen atoms in total. The smallest absolute Gasteiger partial charge is 0.149 e. The minimum atomic E-state index is -0.460. The number of rotatable bonds is 6. The lowest BCUT2D eigenvalue weighted by Crippen LogP contribution is -2.20. The normalized spacial score (nSPS) is 13.9. The summed E-state index contributed by atoms with van der Waals surface area (Å²) in [6, 6.07) is 51.7. The first-order valence-corrected chi connectivity index (χ1v) is 23.0. The average Bonchev–Trinajstić information content (AvgIpc) is 3.73. The Bertz CT molecular complexity index is 2900. The number of benzene rings is 6. The van der Waals surface area contributed by atoms with Gasteiger partial charge in [0.05, 0.1) is 11.1 Å². The molecule has 4 heteroatoms. The van der Waals surface area contributed by atoms with Crippen LogP contribution in [0.4, 0.5) is 34.3 Å². The molecule has 1 aliphatic rings. The predicted molar refractivity (Wildman–Crippen MR) is 273 cm³/mol. The topological polar surface area (TPSA) is 32.5 Å². The van der Waals surface area contributed by atoms with Crippen molar-refractivity contribution in [1.82, 2.24) is 4.98 Å². The van der Waals surface area contributed by atoms with Gasteiger partial charge in [-0.05, 0) is 122 Å². The van der Waals surface area contributed by atoms with E-state index < -0.39 is 5.41 Å². The molecule has 6 aromatic carbocycles. The van der Waals surface area contributed by atoms with E-state index in [2.05, 4.69) is 246 Å². The van der Waals surface area contributed by atoms with Gasteiger partial charge in [-0.15, -0.1) is 0 Å². The van der Waals surface area contributed by atoms with E-state index in [-0.39, 0.29) is 21.7 Å². The van der Waals surface area contributed by atoms with Gasteiger partial charge in [0, 0.05) is 44.8 Å². The van der Waals surface area contributed by atoms with E-state index >= 15 is 0 Å². The van der Waals surface area contributed by atoms with Crippen molar-refractivity contribution < 1.29 is 4.42 Å². The van der Waals surface area contributed by atoms with Gasteiger partial charge in [0.2, 0.25) is 0 Å². The maximum absolute atomic E-state index is 7.05. The standard InChI is InChI=1S/C60H65N3O/c1-56(2,3)38-19-27-42(28-20-38)62(43-29-21-39(22-30-43)57(4,5)6)46-35-36-47-49(37-46)60(13,14)54-51(47)53-52(48-17-15-16-18-50(48)64-53)55(61-54)63(44-31-23-40(24-32-44)58(7,8)9)45-33-25-41(26-34-45)59(10,11)12/h15-37H,1-14H3. The van der Waals surface area contributed by atoms with Crippen LogP contribution in [0.15, 0.2) is 144 Å². The molecule has 64 heavy (non-hydrogen) atoms. The molecule has 0 unspecified atom stereocenters. The first-order chi connectivity index (χ1) is 30.0.